The molecule has 0 heterocycles. The Morgan fingerprint density at radius 2 is 1.69 bits per heavy atom. The van der Waals surface area contributed by atoms with Crippen LogP contribution in [0.25, 0.3) is 0 Å². The number of rotatable bonds is 6. The second-order valence-corrected chi connectivity index (χ2v) is 4.96. The standard InChI is InChI=1S/C15H25N/c1-4-6-13-7-9-14(10-8-13)15(3,12-16)11-5-2/h7-10H,4-6,11-12,16H2,1-3H3. The molecule has 1 heteroatoms. The van der Waals surface area contributed by atoms with E-state index in [1.165, 1.54) is 30.4 Å². The maximum Gasteiger partial charge on any atom is 0.00472 e. The van der Waals surface area contributed by atoms with Gasteiger partial charge in [0, 0.05) is 12.0 Å². The normalized spacial score (nSPS) is 14.8. The predicted octanol–water partition coefficient (Wildman–Crippen LogP) is 3.66. The highest BCUT2D eigenvalue weighted by molar-refractivity contribution is 5.29. The molecular weight excluding hydrogens is 194 g/mol. The van der Waals surface area contributed by atoms with Crippen molar-refractivity contribution < 1.29 is 0 Å². The molecule has 0 aromatic heterocycles. The Bertz CT molecular complexity index is 302. The second kappa shape index (κ2) is 6.05. The van der Waals surface area contributed by atoms with Crippen LogP contribution in [0.15, 0.2) is 24.3 Å². The molecule has 2 N–H and O–H groups in total. The van der Waals surface area contributed by atoms with Crippen molar-refractivity contribution in [2.24, 2.45) is 5.73 Å². The third-order valence-corrected chi connectivity index (χ3v) is 3.44. The summed E-state index contributed by atoms with van der Waals surface area (Å²) in [5, 5.41) is 0. The topological polar surface area (TPSA) is 26.0 Å². The monoisotopic (exact) mass is 219 g/mol. The lowest BCUT2D eigenvalue weighted by molar-refractivity contribution is 0.439. The summed E-state index contributed by atoms with van der Waals surface area (Å²) in [6, 6.07) is 9.02. The Morgan fingerprint density at radius 3 is 2.12 bits per heavy atom. The zero-order chi connectivity index (χ0) is 12.0. The van der Waals surface area contributed by atoms with Crippen molar-refractivity contribution in [1.82, 2.24) is 0 Å². The van der Waals surface area contributed by atoms with Crippen LogP contribution >= 0.6 is 0 Å². The van der Waals surface area contributed by atoms with Gasteiger partial charge in [0.1, 0.15) is 0 Å². The van der Waals surface area contributed by atoms with Crippen molar-refractivity contribution in [1.29, 1.82) is 0 Å². The van der Waals surface area contributed by atoms with Gasteiger partial charge in [0.25, 0.3) is 0 Å². The van der Waals surface area contributed by atoms with Crippen molar-refractivity contribution in [3.05, 3.63) is 35.4 Å². The maximum atomic E-state index is 5.92. The number of nitrogens with two attached hydrogens (primary N) is 1. The fraction of sp³-hybridized carbons (Fsp3) is 0.600. The fourth-order valence-corrected chi connectivity index (χ4v) is 2.28. The van der Waals surface area contributed by atoms with Crippen LogP contribution in [-0.2, 0) is 11.8 Å². The molecule has 0 amide bonds. The Hall–Kier alpha value is -0.820. The lowest BCUT2D eigenvalue weighted by atomic mass is 9.78. The van der Waals surface area contributed by atoms with Gasteiger partial charge in [-0.3, -0.25) is 0 Å². The largest absolute Gasteiger partial charge is 0.330 e. The summed E-state index contributed by atoms with van der Waals surface area (Å²) in [7, 11) is 0. The molecule has 0 bridgehead atoms. The molecule has 0 fully saturated rings. The minimum Gasteiger partial charge on any atom is -0.330 e. The smallest absolute Gasteiger partial charge is 0.00472 e. The fourth-order valence-electron chi connectivity index (χ4n) is 2.28. The van der Waals surface area contributed by atoms with Crippen molar-refractivity contribution >= 4 is 0 Å². The van der Waals surface area contributed by atoms with E-state index in [2.05, 4.69) is 45.0 Å². The molecule has 90 valence electrons. The van der Waals surface area contributed by atoms with Crippen LogP contribution in [0.2, 0.25) is 0 Å². The van der Waals surface area contributed by atoms with Gasteiger partial charge in [-0.05, 0) is 24.0 Å². The van der Waals surface area contributed by atoms with Gasteiger partial charge >= 0.3 is 0 Å². The molecule has 1 atom stereocenters. The van der Waals surface area contributed by atoms with Gasteiger partial charge in [-0.25, -0.2) is 0 Å². The van der Waals surface area contributed by atoms with E-state index >= 15 is 0 Å². The number of hydrogen-bond acceptors (Lipinski definition) is 1. The molecule has 16 heavy (non-hydrogen) atoms. The maximum absolute atomic E-state index is 5.92. The van der Waals surface area contributed by atoms with Gasteiger partial charge in [-0.2, -0.15) is 0 Å². The molecule has 0 spiro atoms. The molecule has 1 aromatic rings. The molecule has 1 aromatic carbocycles. The average Bonchev–Trinajstić information content (AvgIpc) is 2.30. The molecule has 1 rings (SSSR count). The van der Waals surface area contributed by atoms with Crippen LogP contribution in [0.1, 0.15) is 51.2 Å². The zero-order valence-corrected chi connectivity index (χ0v) is 10.9. The van der Waals surface area contributed by atoms with Gasteiger partial charge in [-0.1, -0.05) is 57.9 Å². The molecule has 0 radical (unpaired) electrons. The molecule has 0 aliphatic carbocycles. The molecule has 0 saturated heterocycles. The van der Waals surface area contributed by atoms with E-state index in [-0.39, 0.29) is 5.41 Å². The van der Waals surface area contributed by atoms with E-state index in [4.69, 9.17) is 5.73 Å². The first-order chi connectivity index (χ1) is 7.66. The molecule has 1 nitrogen and oxygen atoms in total. The van der Waals surface area contributed by atoms with E-state index in [0.29, 0.717) is 0 Å². The molecule has 0 aliphatic heterocycles. The van der Waals surface area contributed by atoms with Crippen LogP contribution in [0, 0.1) is 0 Å². The predicted molar refractivity (Wildman–Crippen MR) is 71.8 cm³/mol. The summed E-state index contributed by atoms with van der Waals surface area (Å²) in [5.74, 6) is 0. The third kappa shape index (κ3) is 3.08. The highest BCUT2D eigenvalue weighted by atomic mass is 14.6. The van der Waals surface area contributed by atoms with Gasteiger partial charge < -0.3 is 5.73 Å². The number of aryl methyl sites for hydroxylation is 1. The van der Waals surface area contributed by atoms with Crippen molar-refractivity contribution in [2.45, 2.75) is 51.9 Å². The number of hydrogen-bond donors (Lipinski definition) is 1. The van der Waals surface area contributed by atoms with E-state index < -0.39 is 0 Å². The van der Waals surface area contributed by atoms with Crippen molar-refractivity contribution in [3.8, 4) is 0 Å². The highest BCUT2D eigenvalue weighted by Crippen LogP contribution is 2.28. The number of benzene rings is 1. The molecule has 0 aliphatic rings. The molecule has 0 saturated carbocycles. The first kappa shape index (κ1) is 13.2. The van der Waals surface area contributed by atoms with Crippen LogP contribution in [0.3, 0.4) is 0 Å². The van der Waals surface area contributed by atoms with E-state index in [9.17, 15) is 0 Å². The minimum atomic E-state index is 0.152. The lowest BCUT2D eigenvalue weighted by Crippen LogP contribution is -2.31. The second-order valence-electron chi connectivity index (χ2n) is 4.96. The summed E-state index contributed by atoms with van der Waals surface area (Å²) in [5.41, 5.74) is 8.89. The Morgan fingerprint density at radius 1 is 1.06 bits per heavy atom. The summed E-state index contributed by atoms with van der Waals surface area (Å²) in [6.07, 6.45) is 4.73. The summed E-state index contributed by atoms with van der Waals surface area (Å²) in [6.45, 7) is 7.44. The van der Waals surface area contributed by atoms with E-state index in [1.807, 2.05) is 0 Å². The summed E-state index contributed by atoms with van der Waals surface area (Å²) in [4.78, 5) is 0. The summed E-state index contributed by atoms with van der Waals surface area (Å²) < 4.78 is 0. The quantitative estimate of drug-likeness (QED) is 0.776. The summed E-state index contributed by atoms with van der Waals surface area (Å²) >= 11 is 0. The molecule has 1 unspecified atom stereocenters. The molecular formula is C15H25N. The highest BCUT2D eigenvalue weighted by Gasteiger charge is 2.23. The minimum absolute atomic E-state index is 0.152. The van der Waals surface area contributed by atoms with Crippen LogP contribution in [0.4, 0.5) is 0 Å². The Balaban J connectivity index is 2.85. The van der Waals surface area contributed by atoms with E-state index in [0.717, 1.165) is 13.0 Å². The van der Waals surface area contributed by atoms with Gasteiger partial charge in [0.2, 0.25) is 0 Å². The third-order valence-electron chi connectivity index (χ3n) is 3.44. The lowest BCUT2D eigenvalue weighted by Gasteiger charge is -2.28. The van der Waals surface area contributed by atoms with Crippen LogP contribution in [0.5, 0.6) is 0 Å². The van der Waals surface area contributed by atoms with Gasteiger partial charge in [0.15, 0.2) is 0 Å². The van der Waals surface area contributed by atoms with Crippen LogP contribution in [-0.4, -0.2) is 6.54 Å². The van der Waals surface area contributed by atoms with Gasteiger partial charge in [0.05, 0.1) is 0 Å². The average molecular weight is 219 g/mol. The first-order valence-corrected chi connectivity index (χ1v) is 6.45. The zero-order valence-electron chi connectivity index (χ0n) is 10.9. The van der Waals surface area contributed by atoms with Crippen molar-refractivity contribution in [2.75, 3.05) is 6.54 Å². The Kier molecular flexibility index (Phi) is 5.01. The van der Waals surface area contributed by atoms with E-state index in [1.54, 1.807) is 0 Å². The SMILES string of the molecule is CCCc1ccc(C(C)(CN)CCC)cc1. The van der Waals surface area contributed by atoms with Gasteiger partial charge in [-0.15, -0.1) is 0 Å². The Labute approximate surface area is 100 Å². The first-order valence-electron chi connectivity index (χ1n) is 6.45. The van der Waals surface area contributed by atoms with Crippen LogP contribution < -0.4 is 5.73 Å². The van der Waals surface area contributed by atoms with Crippen molar-refractivity contribution in [3.63, 3.8) is 0 Å².